The van der Waals surface area contributed by atoms with Gasteiger partial charge in [-0.3, -0.25) is 4.79 Å². The highest BCUT2D eigenvalue weighted by atomic mass is 16.5. The summed E-state index contributed by atoms with van der Waals surface area (Å²) in [5.41, 5.74) is 2.80. The molecule has 0 unspecified atom stereocenters. The van der Waals surface area contributed by atoms with Crippen LogP contribution in [0, 0.1) is 0 Å². The summed E-state index contributed by atoms with van der Waals surface area (Å²) in [5, 5.41) is 2.89. The maximum absolute atomic E-state index is 12.3. The molecule has 0 fully saturated rings. The molecule has 0 aliphatic rings. The van der Waals surface area contributed by atoms with E-state index in [1.807, 2.05) is 24.3 Å². The Morgan fingerprint density at radius 1 is 0.917 bits per heavy atom. The highest BCUT2D eigenvalue weighted by Gasteiger charge is 2.15. The normalized spacial score (nSPS) is 10.2. The largest absolute Gasteiger partial charge is 0.493 e. The fourth-order valence-corrected chi connectivity index (χ4v) is 2.45. The molecule has 24 heavy (non-hydrogen) atoms. The third-order valence-corrected chi connectivity index (χ3v) is 3.74. The molecule has 0 saturated carbocycles. The second-order valence-electron chi connectivity index (χ2n) is 5.31. The van der Waals surface area contributed by atoms with Crippen LogP contribution in [0.5, 0.6) is 17.2 Å². The summed E-state index contributed by atoms with van der Waals surface area (Å²) in [5.74, 6) is 1.48. The van der Waals surface area contributed by atoms with Gasteiger partial charge in [0.05, 0.1) is 27.8 Å². The molecular formula is C19H23NO4. The van der Waals surface area contributed by atoms with Gasteiger partial charge in [0.2, 0.25) is 11.7 Å². The van der Waals surface area contributed by atoms with Crippen molar-refractivity contribution in [3.05, 3.63) is 47.5 Å². The Balaban J connectivity index is 2.12. The predicted molar refractivity (Wildman–Crippen MR) is 94.3 cm³/mol. The van der Waals surface area contributed by atoms with Crippen LogP contribution < -0.4 is 19.5 Å². The van der Waals surface area contributed by atoms with Gasteiger partial charge in [-0.15, -0.1) is 0 Å². The first-order valence-corrected chi connectivity index (χ1v) is 7.79. The van der Waals surface area contributed by atoms with Gasteiger partial charge in [0.15, 0.2) is 11.5 Å². The lowest BCUT2D eigenvalue weighted by Gasteiger charge is -2.14. The van der Waals surface area contributed by atoms with Crippen molar-refractivity contribution in [2.45, 2.75) is 19.8 Å². The zero-order valence-electron chi connectivity index (χ0n) is 14.5. The van der Waals surface area contributed by atoms with E-state index in [-0.39, 0.29) is 12.3 Å². The lowest BCUT2D eigenvalue weighted by molar-refractivity contribution is -0.115. The van der Waals surface area contributed by atoms with E-state index in [0.717, 1.165) is 17.7 Å². The highest BCUT2D eigenvalue weighted by molar-refractivity contribution is 5.92. The van der Waals surface area contributed by atoms with Gasteiger partial charge in [0, 0.05) is 5.69 Å². The van der Waals surface area contributed by atoms with Gasteiger partial charge in [-0.25, -0.2) is 0 Å². The molecule has 2 rings (SSSR count). The number of rotatable bonds is 7. The average molecular weight is 329 g/mol. The molecule has 0 heterocycles. The Bertz CT molecular complexity index is 670. The topological polar surface area (TPSA) is 56.8 Å². The third kappa shape index (κ3) is 4.19. The lowest BCUT2D eigenvalue weighted by atomic mass is 10.1. The third-order valence-electron chi connectivity index (χ3n) is 3.74. The summed E-state index contributed by atoms with van der Waals surface area (Å²) in [6.45, 7) is 2.10. The Morgan fingerprint density at radius 2 is 1.50 bits per heavy atom. The monoisotopic (exact) mass is 329 g/mol. The van der Waals surface area contributed by atoms with E-state index in [0.29, 0.717) is 17.2 Å². The number of anilines is 1. The Hall–Kier alpha value is -2.69. The van der Waals surface area contributed by atoms with Gasteiger partial charge in [-0.2, -0.15) is 0 Å². The number of benzene rings is 2. The predicted octanol–water partition coefficient (Wildman–Crippen LogP) is 3.46. The number of carbonyl (C=O) groups is 1. The van der Waals surface area contributed by atoms with Crippen LogP contribution in [0.4, 0.5) is 5.69 Å². The van der Waals surface area contributed by atoms with Crippen LogP contribution in [0.15, 0.2) is 36.4 Å². The van der Waals surface area contributed by atoms with E-state index in [4.69, 9.17) is 14.2 Å². The molecule has 0 bridgehead atoms. The first-order valence-electron chi connectivity index (χ1n) is 7.79. The minimum Gasteiger partial charge on any atom is -0.493 e. The van der Waals surface area contributed by atoms with Crippen molar-refractivity contribution in [2.24, 2.45) is 0 Å². The summed E-state index contributed by atoms with van der Waals surface area (Å²) in [6, 6.07) is 11.4. The number of methoxy groups -OCH3 is 3. The Labute approximate surface area is 142 Å². The summed E-state index contributed by atoms with van der Waals surface area (Å²) in [4.78, 5) is 12.3. The summed E-state index contributed by atoms with van der Waals surface area (Å²) in [7, 11) is 4.65. The van der Waals surface area contributed by atoms with Gasteiger partial charge in [0.25, 0.3) is 0 Å². The van der Waals surface area contributed by atoms with Crippen LogP contribution >= 0.6 is 0 Å². The van der Waals surface area contributed by atoms with Crippen LogP contribution in [-0.4, -0.2) is 27.2 Å². The molecule has 1 N–H and O–H groups in total. The number of hydrogen-bond acceptors (Lipinski definition) is 4. The summed E-state index contributed by atoms with van der Waals surface area (Å²) >= 11 is 0. The number of ether oxygens (including phenoxy) is 3. The first-order chi connectivity index (χ1) is 11.6. The lowest BCUT2D eigenvalue weighted by Crippen LogP contribution is -2.14. The van der Waals surface area contributed by atoms with Gasteiger partial charge in [0.1, 0.15) is 0 Å². The summed E-state index contributed by atoms with van der Waals surface area (Å²) in [6.07, 6.45) is 1.19. The fraction of sp³-hybridized carbons (Fsp3) is 0.316. The van der Waals surface area contributed by atoms with Gasteiger partial charge >= 0.3 is 0 Å². The zero-order chi connectivity index (χ0) is 17.5. The number of aryl methyl sites for hydroxylation is 1. The minimum atomic E-state index is -0.103. The average Bonchev–Trinajstić information content (AvgIpc) is 2.61. The van der Waals surface area contributed by atoms with Crippen LogP contribution in [-0.2, 0) is 17.6 Å². The van der Waals surface area contributed by atoms with Crippen LogP contribution in [0.25, 0.3) is 0 Å². The zero-order valence-corrected chi connectivity index (χ0v) is 14.5. The number of nitrogens with one attached hydrogen (secondary N) is 1. The SMILES string of the molecule is CCc1ccc(NC(=O)Cc2cc(OC)c(OC)c(OC)c2)cc1. The van der Waals surface area contributed by atoms with Crippen LogP contribution in [0.1, 0.15) is 18.1 Å². The van der Waals surface area contributed by atoms with Crippen LogP contribution in [0.3, 0.4) is 0 Å². The molecule has 0 spiro atoms. The van der Waals surface area contributed by atoms with E-state index in [1.165, 1.54) is 5.56 Å². The molecule has 0 saturated heterocycles. The van der Waals surface area contributed by atoms with E-state index < -0.39 is 0 Å². The van der Waals surface area contributed by atoms with Crippen molar-refractivity contribution in [1.29, 1.82) is 0 Å². The van der Waals surface area contributed by atoms with Gasteiger partial charge in [-0.05, 0) is 41.8 Å². The summed E-state index contributed by atoms with van der Waals surface area (Å²) < 4.78 is 15.9. The first kappa shape index (κ1) is 17.7. The molecule has 0 aliphatic heterocycles. The van der Waals surface area contributed by atoms with E-state index in [9.17, 15) is 4.79 Å². The molecule has 0 atom stereocenters. The van der Waals surface area contributed by atoms with E-state index >= 15 is 0 Å². The van der Waals surface area contributed by atoms with Gasteiger partial charge < -0.3 is 19.5 Å². The van der Waals surface area contributed by atoms with Crippen molar-refractivity contribution in [3.8, 4) is 17.2 Å². The van der Waals surface area contributed by atoms with Crippen LogP contribution in [0.2, 0.25) is 0 Å². The molecule has 0 aromatic heterocycles. The molecule has 2 aromatic rings. The van der Waals surface area contributed by atoms with E-state index in [1.54, 1.807) is 33.5 Å². The Morgan fingerprint density at radius 3 is 1.96 bits per heavy atom. The van der Waals surface area contributed by atoms with E-state index in [2.05, 4.69) is 12.2 Å². The maximum Gasteiger partial charge on any atom is 0.228 e. The quantitative estimate of drug-likeness (QED) is 0.845. The maximum atomic E-state index is 12.3. The van der Waals surface area contributed by atoms with Crippen molar-refractivity contribution < 1.29 is 19.0 Å². The number of carbonyl (C=O) groups excluding carboxylic acids is 1. The number of amides is 1. The highest BCUT2D eigenvalue weighted by Crippen LogP contribution is 2.38. The molecule has 0 aliphatic carbocycles. The fourth-order valence-electron chi connectivity index (χ4n) is 2.45. The molecule has 2 aromatic carbocycles. The van der Waals surface area contributed by atoms with Crippen molar-refractivity contribution >= 4 is 11.6 Å². The Kier molecular flexibility index (Phi) is 6.07. The molecular weight excluding hydrogens is 306 g/mol. The molecule has 5 nitrogen and oxygen atoms in total. The molecule has 128 valence electrons. The molecule has 1 amide bonds. The standard InChI is InChI=1S/C19H23NO4/c1-5-13-6-8-15(9-7-13)20-18(21)12-14-10-16(22-2)19(24-4)17(11-14)23-3/h6-11H,5,12H2,1-4H3,(H,20,21). The van der Waals surface area contributed by atoms with Gasteiger partial charge in [-0.1, -0.05) is 19.1 Å². The molecule has 5 heteroatoms. The minimum absolute atomic E-state index is 0.103. The number of hydrogen-bond donors (Lipinski definition) is 1. The second kappa shape index (κ2) is 8.24. The van der Waals surface area contributed by atoms with Crippen molar-refractivity contribution in [2.75, 3.05) is 26.6 Å². The second-order valence-corrected chi connectivity index (χ2v) is 5.31. The van der Waals surface area contributed by atoms with Crippen molar-refractivity contribution in [3.63, 3.8) is 0 Å². The van der Waals surface area contributed by atoms with Crippen molar-refractivity contribution in [1.82, 2.24) is 0 Å². The molecule has 0 radical (unpaired) electrons. The smallest absolute Gasteiger partial charge is 0.228 e.